The van der Waals surface area contributed by atoms with Gasteiger partial charge in [-0.15, -0.1) is 0 Å². The van der Waals surface area contributed by atoms with Gasteiger partial charge in [0.15, 0.2) is 0 Å². The minimum absolute atomic E-state index is 0.0850. The van der Waals surface area contributed by atoms with E-state index in [1.165, 1.54) is 22.1 Å². The predicted molar refractivity (Wildman–Crippen MR) is 88.3 cm³/mol. The Bertz CT molecular complexity index is 772. The van der Waals surface area contributed by atoms with Crippen molar-refractivity contribution in [2.45, 2.75) is 26.3 Å². The summed E-state index contributed by atoms with van der Waals surface area (Å²) in [5.74, 6) is 0. The van der Waals surface area contributed by atoms with Crippen LogP contribution in [0.4, 0.5) is 0 Å². The second-order valence-corrected chi connectivity index (χ2v) is 5.65. The van der Waals surface area contributed by atoms with Gasteiger partial charge in [0.1, 0.15) is 0 Å². The van der Waals surface area contributed by atoms with Crippen molar-refractivity contribution in [2.75, 3.05) is 0 Å². The highest BCUT2D eigenvalue weighted by molar-refractivity contribution is 5.84. The molecular weight excluding hydrogens is 256 g/mol. The van der Waals surface area contributed by atoms with E-state index in [4.69, 9.17) is 5.73 Å². The Morgan fingerprint density at radius 2 is 1.81 bits per heavy atom. The lowest BCUT2D eigenvalue weighted by Crippen LogP contribution is -2.15. The first-order valence-corrected chi connectivity index (χ1v) is 7.30. The molecule has 0 saturated heterocycles. The Balaban J connectivity index is 1.93. The van der Waals surface area contributed by atoms with Gasteiger partial charge in [-0.1, -0.05) is 42.5 Å². The first kappa shape index (κ1) is 13.8. The molecule has 0 aliphatic rings. The fourth-order valence-corrected chi connectivity index (χ4v) is 2.72. The summed E-state index contributed by atoms with van der Waals surface area (Å²) in [6.45, 7) is 4.27. The maximum Gasteiger partial charge on any atom is 0.0652 e. The zero-order valence-electron chi connectivity index (χ0n) is 12.5. The van der Waals surface area contributed by atoms with Crippen LogP contribution in [-0.2, 0) is 6.42 Å². The zero-order valence-corrected chi connectivity index (χ0v) is 12.5. The monoisotopic (exact) mass is 276 g/mol. The van der Waals surface area contributed by atoms with Crippen molar-refractivity contribution in [1.82, 2.24) is 4.98 Å². The quantitative estimate of drug-likeness (QED) is 0.782. The van der Waals surface area contributed by atoms with Gasteiger partial charge in [-0.3, -0.25) is 4.98 Å². The summed E-state index contributed by atoms with van der Waals surface area (Å²) in [5, 5.41) is 2.34. The van der Waals surface area contributed by atoms with Crippen molar-refractivity contribution in [3.63, 3.8) is 0 Å². The SMILES string of the molecule is Cc1ccc(CC(N)c2nccc3ccccc23)cc1C. The van der Waals surface area contributed by atoms with E-state index in [0.717, 1.165) is 17.5 Å². The average molecular weight is 276 g/mol. The van der Waals surface area contributed by atoms with Crippen LogP contribution in [0.5, 0.6) is 0 Å². The fraction of sp³-hybridized carbons (Fsp3) is 0.211. The molecule has 106 valence electrons. The van der Waals surface area contributed by atoms with Gasteiger partial charge in [-0.05, 0) is 48.4 Å². The second kappa shape index (κ2) is 5.66. The Labute approximate surface area is 125 Å². The molecule has 1 heterocycles. The van der Waals surface area contributed by atoms with E-state index in [-0.39, 0.29) is 6.04 Å². The molecule has 0 saturated carbocycles. The van der Waals surface area contributed by atoms with Crippen LogP contribution in [0.3, 0.4) is 0 Å². The van der Waals surface area contributed by atoms with Gasteiger partial charge in [0, 0.05) is 11.6 Å². The number of hydrogen-bond acceptors (Lipinski definition) is 2. The van der Waals surface area contributed by atoms with E-state index in [2.05, 4.69) is 49.2 Å². The summed E-state index contributed by atoms with van der Waals surface area (Å²) in [4.78, 5) is 4.52. The largest absolute Gasteiger partial charge is 0.322 e. The van der Waals surface area contributed by atoms with Gasteiger partial charge in [0.05, 0.1) is 11.7 Å². The van der Waals surface area contributed by atoms with Crippen molar-refractivity contribution >= 4 is 10.8 Å². The van der Waals surface area contributed by atoms with E-state index in [1.54, 1.807) is 0 Å². The summed E-state index contributed by atoms with van der Waals surface area (Å²) in [7, 11) is 0. The van der Waals surface area contributed by atoms with Crippen LogP contribution in [0.15, 0.2) is 54.7 Å². The van der Waals surface area contributed by atoms with Crippen LogP contribution in [0.1, 0.15) is 28.4 Å². The number of aromatic nitrogens is 1. The van der Waals surface area contributed by atoms with Crippen LogP contribution in [0, 0.1) is 13.8 Å². The van der Waals surface area contributed by atoms with Crippen LogP contribution in [-0.4, -0.2) is 4.98 Å². The van der Waals surface area contributed by atoms with Crippen molar-refractivity contribution in [3.8, 4) is 0 Å². The molecule has 0 spiro atoms. The van der Waals surface area contributed by atoms with Crippen molar-refractivity contribution in [2.24, 2.45) is 5.73 Å². The van der Waals surface area contributed by atoms with E-state index in [1.807, 2.05) is 24.4 Å². The second-order valence-electron chi connectivity index (χ2n) is 5.65. The maximum atomic E-state index is 6.42. The highest BCUT2D eigenvalue weighted by Gasteiger charge is 2.12. The molecule has 1 aromatic heterocycles. The van der Waals surface area contributed by atoms with E-state index in [9.17, 15) is 0 Å². The van der Waals surface area contributed by atoms with Crippen molar-refractivity contribution < 1.29 is 0 Å². The number of aryl methyl sites for hydroxylation is 2. The van der Waals surface area contributed by atoms with E-state index in [0.29, 0.717) is 0 Å². The van der Waals surface area contributed by atoms with Crippen LogP contribution in [0.25, 0.3) is 10.8 Å². The molecule has 0 aliphatic heterocycles. The standard InChI is InChI=1S/C19H20N2/c1-13-7-8-15(11-14(13)2)12-18(20)19-17-6-4-3-5-16(17)9-10-21-19/h3-11,18H,12,20H2,1-2H3. The van der Waals surface area contributed by atoms with Gasteiger partial charge >= 0.3 is 0 Å². The lowest BCUT2D eigenvalue weighted by molar-refractivity contribution is 0.703. The molecule has 0 aliphatic carbocycles. The number of hydrogen-bond donors (Lipinski definition) is 1. The molecule has 0 bridgehead atoms. The normalized spacial score (nSPS) is 12.5. The molecule has 2 heteroatoms. The molecule has 3 aromatic rings. The number of nitrogens with two attached hydrogens (primary N) is 1. The molecule has 1 unspecified atom stereocenters. The molecule has 0 fully saturated rings. The topological polar surface area (TPSA) is 38.9 Å². The Hall–Kier alpha value is -2.19. The van der Waals surface area contributed by atoms with Crippen molar-refractivity contribution in [1.29, 1.82) is 0 Å². The van der Waals surface area contributed by atoms with Gasteiger partial charge in [0.2, 0.25) is 0 Å². The summed E-state index contributed by atoms with van der Waals surface area (Å²) in [6.07, 6.45) is 2.65. The first-order valence-electron chi connectivity index (χ1n) is 7.30. The van der Waals surface area contributed by atoms with E-state index < -0.39 is 0 Å². The molecule has 0 amide bonds. The van der Waals surface area contributed by atoms with Crippen LogP contribution < -0.4 is 5.73 Å². The lowest BCUT2D eigenvalue weighted by atomic mass is 9.97. The third kappa shape index (κ3) is 2.81. The van der Waals surface area contributed by atoms with Crippen molar-refractivity contribution in [3.05, 3.63) is 77.1 Å². The molecular formula is C19H20N2. The number of nitrogens with zero attached hydrogens (tertiary/aromatic N) is 1. The predicted octanol–water partition coefficient (Wildman–Crippen LogP) is 4.09. The number of pyridine rings is 1. The molecule has 3 rings (SSSR count). The fourth-order valence-electron chi connectivity index (χ4n) is 2.72. The van der Waals surface area contributed by atoms with Gasteiger partial charge in [0.25, 0.3) is 0 Å². The number of benzene rings is 2. The number of fused-ring (bicyclic) bond motifs is 1. The highest BCUT2D eigenvalue weighted by atomic mass is 14.8. The number of rotatable bonds is 3. The van der Waals surface area contributed by atoms with Gasteiger partial charge in [-0.25, -0.2) is 0 Å². The zero-order chi connectivity index (χ0) is 14.8. The summed E-state index contributed by atoms with van der Waals surface area (Å²) in [6, 6.07) is 16.8. The molecule has 2 N–H and O–H groups in total. The molecule has 1 atom stereocenters. The molecule has 21 heavy (non-hydrogen) atoms. The minimum Gasteiger partial charge on any atom is -0.322 e. The van der Waals surface area contributed by atoms with E-state index >= 15 is 0 Å². The smallest absolute Gasteiger partial charge is 0.0652 e. The first-order chi connectivity index (χ1) is 10.1. The Morgan fingerprint density at radius 3 is 2.62 bits per heavy atom. The van der Waals surface area contributed by atoms with Crippen LogP contribution >= 0.6 is 0 Å². The Kier molecular flexibility index (Phi) is 3.72. The average Bonchev–Trinajstić information content (AvgIpc) is 2.50. The summed E-state index contributed by atoms with van der Waals surface area (Å²) in [5.41, 5.74) is 11.3. The maximum absolute atomic E-state index is 6.42. The summed E-state index contributed by atoms with van der Waals surface area (Å²) >= 11 is 0. The Morgan fingerprint density at radius 1 is 1.00 bits per heavy atom. The lowest BCUT2D eigenvalue weighted by Gasteiger charge is -2.14. The minimum atomic E-state index is -0.0850. The third-order valence-electron chi connectivity index (χ3n) is 4.08. The van der Waals surface area contributed by atoms with Gasteiger partial charge < -0.3 is 5.73 Å². The van der Waals surface area contributed by atoms with Gasteiger partial charge in [-0.2, -0.15) is 0 Å². The third-order valence-corrected chi connectivity index (χ3v) is 4.08. The molecule has 2 nitrogen and oxygen atoms in total. The highest BCUT2D eigenvalue weighted by Crippen LogP contribution is 2.23. The molecule has 0 radical (unpaired) electrons. The van der Waals surface area contributed by atoms with Crippen LogP contribution in [0.2, 0.25) is 0 Å². The molecule has 2 aromatic carbocycles. The summed E-state index contributed by atoms with van der Waals surface area (Å²) < 4.78 is 0.